The van der Waals surface area contributed by atoms with Gasteiger partial charge in [-0.1, -0.05) is 13.8 Å². The van der Waals surface area contributed by atoms with Gasteiger partial charge in [0.1, 0.15) is 5.41 Å². The molecule has 4 aliphatic rings. The third-order valence-electron chi connectivity index (χ3n) is 8.02. The molecule has 4 N–H and O–H groups in total. The van der Waals surface area contributed by atoms with Gasteiger partial charge in [0.2, 0.25) is 23.6 Å². The van der Waals surface area contributed by atoms with Crippen LogP contribution in [0.15, 0.2) is 0 Å². The maximum atomic E-state index is 13.5. The second-order valence-electron chi connectivity index (χ2n) is 9.50. The number of fused-ring (bicyclic) bond motifs is 2. The van der Waals surface area contributed by atoms with Gasteiger partial charge in [-0.2, -0.15) is 0 Å². The van der Waals surface area contributed by atoms with Crippen LogP contribution in [0, 0.1) is 28.1 Å². The fourth-order valence-corrected chi connectivity index (χ4v) is 6.81. The number of nitrogens with one attached hydrogen (secondary N) is 4. The van der Waals surface area contributed by atoms with Crippen LogP contribution in [-0.4, -0.2) is 48.8 Å². The number of amides is 4. The Morgan fingerprint density at radius 1 is 0.750 bits per heavy atom. The number of rotatable bonds is 0. The van der Waals surface area contributed by atoms with Gasteiger partial charge in [-0.3, -0.25) is 19.2 Å². The number of hydrogen-bond acceptors (Lipinski definition) is 4. The molecule has 4 fully saturated rings. The van der Waals surface area contributed by atoms with Gasteiger partial charge in [0.15, 0.2) is 0 Å². The number of carbonyl (C=O) groups excluding carboxylic acids is 4. The van der Waals surface area contributed by atoms with Crippen LogP contribution in [0.3, 0.4) is 0 Å². The molecule has 0 bridgehead atoms. The van der Waals surface area contributed by atoms with Gasteiger partial charge < -0.3 is 21.3 Å². The van der Waals surface area contributed by atoms with Gasteiger partial charge in [0, 0.05) is 37.0 Å². The molecule has 0 aromatic carbocycles. The minimum atomic E-state index is -1.30. The van der Waals surface area contributed by atoms with E-state index in [-0.39, 0.29) is 54.0 Å². The zero-order chi connectivity index (χ0) is 20.5. The zero-order valence-corrected chi connectivity index (χ0v) is 17.0. The van der Waals surface area contributed by atoms with Crippen molar-refractivity contribution in [2.75, 3.05) is 13.1 Å². The Hall–Kier alpha value is -2.12. The summed E-state index contributed by atoms with van der Waals surface area (Å²) in [4.78, 5) is 52.8. The highest BCUT2D eigenvalue weighted by atomic mass is 16.2. The van der Waals surface area contributed by atoms with Gasteiger partial charge in [0.05, 0.1) is 5.41 Å². The lowest BCUT2D eigenvalue weighted by molar-refractivity contribution is -0.281. The van der Waals surface area contributed by atoms with E-state index in [0.29, 0.717) is 25.9 Å². The molecule has 7 unspecified atom stereocenters. The summed E-state index contributed by atoms with van der Waals surface area (Å²) < 4.78 is 0. The Balaban J connectivity index is 1.85. The summed E-state index contributed by atoms with van der Waals surface area (Å²) in [6.07, 6.45) is 0.989. The molecule has 2 aliphatic heterocycles. The van der Waals surface area contributed by atoms with Crippen LogP contribution in [0.25, 0.3) is 0 Å². The molecule has 2 saturated heterocycles. The van der Waals surface area contributed by atoms with Crippen LogP contribution in [-0.2, 0) is 19.2 Å². The van der Waals surface area contributed by atoms with Crippen molar-refractivity contribution in [3.05, 3.63) is 0 Å². The van der Waals surface area contributed by atoms with Crippen LogP contribution in [0.4, 0.5) is 0 Å². The van der Waals surface area contributed by atoms with Crippen molar-refractivity contribution in [2.45, 2.75) is 59.0 Å². The van der Waals surface area contributed by atoms with Crippen molar-refractivity contribution >= 4 is 23.6 Å². The highest BCUT2D eigenvalue weighted by molar-refractivity contribution is 6.10. The van der Waals surface area contributed by atoms with Crippen molar-refractivity contribution < 1.29 is 19.2 Å². The molecule has 2 aliphatic carbocycles. The van der Waals surface area contributed by atoms with Gasteiger partial charge in [0.25, 0.3) is 0 Å². The van der Waals surface area contributed by atoms with E-state index in [1.54, 1.807) is 0 Å². The fourth-order valence-electron chi connectivity index (χ4n) is 6.81. The Morgan fingerprint density at radius 3 is 1.96 bits per heavy atom. The van der Waals surface area contributed by atoms with E-state index in [4.69, 9.17) is 0 Å². The summed E-state index contributed by atoms with van der Waals surface area (Å²) >= 11 is 0. The molecule has 8 heteroatoms. The normalized spacial score (nSPS) is 48.4. The highest BCUT2D eigenvalue weighted by Crippen LogP contribution is 2.80. The van der Waals surface area contributed by atoms with E-state index in [0.717, 1.165) is 0 Å². The predicted molar refractivity (Wildman–Crippen MR) is 101 cm³/mol. The Labute approximate surface area is 164 Å². The van der Waals surface area contributed by atoms with Crippen LogP contribution in [0.2, 0.25) is 0 Å². The van der Waals surface area contributed by atoms with Crippen LogP contribution >= 0.6 is 0 Å². The van der Waals surface area contributed by atoms with E-state index in [2.05, 4.69) is 21.3 Å². The first-order valence-corrected chi connectivity index (χ1v) is 10.3. The first kappa shape index (κ1) is 19.2. The second-order valence-corrected chi connectivity index (χ2v) is 9.50. The third-order valence-corrected chi connectivity index (χ3v) is 8.02. The average molecular weight is 390 g/mol. The largest absolute Gasteiger partial charge is 0.354 e. The molecule has 3 spiro atoms. The van der Waals surface area contributed by atoms with Crippen molar-refractivity contribution in [3.8, 4) is 0 Å². The van der Waals surface area contributed by atoms with Crippen molar-refractivity contribution in [3.63, 3.8) is 0 Å². The van der Waals surface area contributed by atoms with E-state index in [1.165, 1.54) is 0 Å². The zero-order valence-electron chi connectivity index (χ0n) is 17.0. The van der Waals surface area contributed by atoms with Gasteiger partial charge in [-0.15, -0.1) is 0 Å². The Kier molecular flexibility index (Phi) is 4.07. The SMILES string of the molecule is CC1CNC(=O)C2(CC(=O)N1)C(C)CC21C(C)CC12C(=O)NCC(C)NC2=O. The lowest BCUT2D eigenvalue weighted by Gasteiger charge is -2.76. The van der Waals surface area contributed by atoms with E-state index in [9.17, 15) is 19.2 Å². The van der Waals surface area contributed by atoms with Gasteiger partial charge in [-0.05, 0) is 38.5 Å². The number of carbonyl (C=O) groups is 4. The Bertz CT molecular complexity index is 769. The molecule has 2 heterocycles. The van der Waals surface area contributed by atoms with Crippen molar-refractivity contribution in [1.82, 2.24) is 21.3 Å². The molecule has 0 radical (unpaired) electrons. The maximum absolute atomic E-state index is 13.5. The molecule has 28 heavy (non-hydrogen) atoms. The van der Waals surface area contributed by atoms with E-state index >= 15 is 0 Å². The minimum absolute atomic E-state index is 0.00649. The van der Waals surface area contributed by atoms with Crippen molar-refractivity contribution in [2.24, 2.45) is 28.1 Å². The Morgan fingerprint density at radius 2 is 1.36 bits per heavy atom. The summed E-state index contributed by atoms with van der Waals surface area (Å²) in [6, 6.07) is -0.328. The van der Waals surface area contributed by atoms with Gasteiger partial charge in [-0.25, -0.2) is 0 Å². The monoisotopic (exact) mass is 390 g/mol. The maximum Gasteiger partial charge on any atom is 0.236 e. The lowest BCUT2D eigenvalue weighted by Crippen LogP contribution is -2.83. The molecule has 8 nitrogen and oxygen atoms in total. The minimum Gasteiger partial charge on any atom is -0.354 e. The van der Waals surface area contributed by atoms with Gasteiger partial charge >= 0.3 is 0 Å². The average Bonchev–Trinajstić information content (AvgIpc) is 2.72. The molecule has 154 valence electrons. The summed E-state index contributed by atoms with van der Waals surface area (Å²) in [5, 5.41) is 11.8. The summed E-state index contributed by atoms with van der Waals surface area (Å²) in [5.41, 5.74) is -3.21. The third kappa shape index (κ3) is 2.01. The van der Waals surface area contributed by atoms with E-state index < -0.39 is 16.2 Å². The summed E-state index contributed by atoms with van der Waals surface area (Å²) in [7, 11) is 0. The standard InChI is InChI=1S/C20H30N4O4/c1-10-6-20(18(10)7-14(25)23-12(3)8-21-15(18)26)11(2)5-19(20)16(27)22-9-13(4)24-17(19)28/h10-13H,5-9H2,1-4H3,(H,21,26)(H,22,27)(H,23,25)(H,24,28). The summed E-state index contributed by atoms with van der Waals surface area (Å²) in [5.74, 6) is -1.09. The molecule has 4 rings (SSSR count). The predicted octanol–water partition coefficient (Wildman–Crippen LogP) is -0.316. The molecular weight excluding hydrogens is 360 g/mol. The first-order chi connectivity index (χ1) is 13.1. The van der Waals surface area contributed by atoms with E-state index in [1.807, 2.05) is 27.7 Å². The first-order valence-electron chi connectivity index (χ1n) is 10.3. The lowest BCUT2D eigenvalue weighted by atomic mass is 9.24. The molecule has 2 saturated carbocycles. The molecule has 0 aromatic heterocycles. The molecule has 7 atom stereocenters. The molecular formula is C20H30N4O4. The smallest absolute Gasteiger partial charge is 0.236 e. The second kappa shape index (κ2) is 5.94. The fraction of sp³-hybridized carbons (Fsp3) is 0.800. The van der Waals surface area contributed by atoms with Crippen LogP contribution < -0.4 is 21.3 Å². The quantitative estimate of drug-likeness (QED) is 0.424. The topological polar surface area (TPSA) is 116 Å². The molecule has 4 amide bonds. The van der Waals surface area contributed by atoms with Crippen molar-refractivity contribution in [1.29, 1.82) is 0 Å². The van der Waals surface area contributed by atoms with Crippen LogP contribution in [0.5, 0.6) is 0 Å². The molecule has 0 aromatic rings. The van der Waals surface area contributed by atoms with Crippen LogP contribution in [0.1, 0.15) is 47.0 Å². The highest BCUT2D eigenvalue weighted by Gasteiger charge is 2.85. The summed E-state index contributed by atoms with van der Waals surface area (Å²) in [6.45, 7) is 8.35. The number of hydrogen-bond donors (Lipinski definition) is 4.